The lowest BCUT2D eigenvalue weighted by Gasteiger charge is -2.39. The molecule has 2 unspecified atom stereocenters. The van der Waals surface area contributed by atoms with Gasteiger partial charge in [-0.25, -0.2) is 11.2 Å². The summed E-state index contributed by atoms with van der Waals surface area (Å²) in [7, 11) is 8.35. The molecule has 15 heteroatoms. The van der Waals surface area contributed by atoms with Crippen LogP contribution in [0.2, 0.25) is 0 Å². The third kappa shape index (κ3) is 13.0. The van der Waals surface area contributed by atoms with Gasteiger partial charge in [0.2, 0.25) is 6.54 Å². The highest BCUT2D eigenvalue weighted by molar-refractivity contribution is 7.44. The Labute approximate surface area is 349 Å². The van der Waals surface area contributed by atoms with Crippen LogP contribution in [0.3, 0.4) is 0 Å². The van der Waals surface area contributed by atoms with Gasteiger partial charge in [0, 0.05) is 30.5 Å². The number of nitrogens with one attached hydrogen (secondary N) is 1. The van der Waals surface area contributed by atoms with Gasteiger partial charge in [-0.15, -0.1) is 0 Å². The first kappa shape index (κ1) is 47.7. The van der Waals surface area contributed by atoms with E-state index in [2.05, 4.69) is 37.2 Å². The van der Waals surface area contributed by atoms with Gasteiger partial charge in [0.15, 0.2) is 0 Å². The van der Waals surface area contributed by atoms with E-state index < -0.39 is 44.4 Å². The molecule has 1 heterocycles. The van der Waals surface area contributed by atoms with Crippen molar-refractivity contribution < 1.29 is 46.0 Å². The molecule has 318 valence electrons. The molecule has 3 aromatic rings. The highest BCUT2D eigenvalue weighted by atomic mass is 31.2. The Hall–Kier alpha value is -3.96. The monoisotopic (exact) mass is 837 g/mol. The number of benzene rings is 3. The Balaban J connectivity index is 1.69. The number of allylic oxidation sites excluding steroid dienone is 2. The van der Waals surface area contributed by atoms with E-state index in [1.807, 2.05) is 96.3 Å². The van der Waals surface area contributed by atoms with Gasteiger partial charge >= 0.3 is 12.1 Å². The molecule has 0 saturated carbocycles. The zero-order valence-corrected chi connectivity index (χ0v) is 35.6. The molecule has 1 N–H and O–H groups in total. The van der Waals surface area contributed by atoms with Crippen LogP contribution in [0, 0.1) is 12.5 Å². The summed E-state index contributed by atoms with van der Waals surface area (Å²) in [5, 5.41) is 1.91. The molecule has 0 spiro atoms. The standard InChI is InChI=1S/C44H56BF3N3O7P/c1-31(2)51(32(3)4)59(56-29-28-49-5)58-40-38(18-14-9-8-10-15-27-50-42(52)44(46,47)48)41(45)57-39(40)30-55-43(33-16-12-11-13-17-33,34-19-23-36(53-6)24-20-34)35-21-25-37(54-7)26-22-35/h9,11-14,16-17,19-26,31-32,38-41H,8,10,15,18,27-30H2,1-4,6-7H3,(H,50,52)/b14-9+/t38-,39+,40?,41+,59?/m0/s1. The summed E-state index contributed by atoms with van der Waals surface area (Å²) in [4.78, 5) is 14.6. The Morgan fingerprint density at radius 2 is 1.49 bits per heavy atom. The maximum absolute atomic E-state index is 12.5. The smallest absolute Gasteiger partial charge is 0.471 e. The minimum Gasteiger partial charge on any atom is -0.497 e. The molecule has 0 aromatic heterocycles. The molecule has 5 atom stereocenters. The number of nitrogens with zero attached hydrogens (tertiary/aromatic N) is 2. The van der Waals surface area contributed by atoms with Gasteiger partial charge in [-0.1, -0.05) is 66.7 Å². The normalized spacial score (nSPS) is 19.0. The summed E-state index contributed by atoms with van der Waals surface area (Å²) >= 11 is 0. The van der Waals surface area contributed by atoms with E-state index in [0.29, 0.717) is 37.2 Å². The summed E-state index contributed by atoms with van der Waals surface area (Å²) in [5.41, 5.74) is 1.45. The third-order valence-corrected chi connectivity index (χ3v) is 12.1. The Morgan fingerprint density at radius 3 is 2.02 bits per heavy atom. The van der Waals surface area contributed by atoms with Gasteiger partial charge in [-0.3, -0.25) is 4.79 Å². The van der Waals surface area contributed by atoms with E-state index in [-0.39, 0.29) is 44.3 Å². The molecule has 1 amide bonds. The first-order valence-electron chi connectivity index (χ1n) is 19.9. The molecule has 1 aliphatic rings. The summed E-state index contributed by atoms with van der Waals surface area (Å²) in [6.45, 7) is 16.0. The lowest BCUT2D eigenvalue weighted by atomic mass is 9.79. The fourth-order valence-corrected chi connectivity index (χ4v) is 8.92. The number of hydrogen-bond donors (Lipinski definition) is 1. The number of amides is 1. The first-order valence-corrected chi connectivity index (χ1v) is 21.0. The van der Waals surface area contributed by atoms with Crippen LogP contribution in [-0.4, -0.2) is 95.4 Å². The molecule has 10 nitrogen and oxygen atoms in total. The predicted octanol–water partition coefficient (Wildman–Crippen LogP) is 8.98. The van der Waals surface area contributed by atoms with Gasteiger partial charge in [-0.05, 0) is 94.3 Å². The third-order valence-electron chi connectivity index (χ3n) is 9.96. The van der Waals surface area contributed by atoms with E-state index in [1.54, 1.807) is 14.2 Å². The fraction of sp³-hybridized carbons (Fsp3) is 0.500. The molecule has 0 aliphatic carbocycles. The number of alkyl halides is 3. The van der Waals surface area contributed by atoms with Crippen molar-refractivity contribution in [3.05, 3.63) is 119 Å². The average Bonchev–Trinajstić information content (AvgIpc) is 3.51. The number of halogens is 3. The van der Waals surface area contributed by atoms with Crippen molar-refractivity contribution in [3.63, 3.8) is 0 Å². The maximum Gasteiger partial charge on any atom is 0.471 e. The lowest BCUT2D eigenvalue weighted by Crippen LogP contribution is -2.41. The maximum atomic E-state index is 12.5. The van der Waals surface area contributed by atoms with Gasteiger partial charge in [0.25, 0.3) is 8.53 Å². The Morgan fingerprint density at radius 1 is 0.915 bits per heavy atom. The van der Waals surface area contributed by atoms with Crippen LogP contribution in [0.1, 0.15) is 70.1 Å². The largest absolute Gasteiger partial charge is 0.497 e. The molecule has 1 saturated heterocycles. The van der Waals surface area contributed by atoms with Crippen LogP contribution < -0.4 is 14.8 Å². The topological polar surface area (TPSA) is 92.1 Å². The van der Waals surface area contributed by atoms with Crippen molar-refractivity contribution in [2.75, 3.05) is 40.5 Å². The minimum atomic E-state index is -4.90. The summed E-state index contributed by atoms with van der Waals surface area (Å²) < 4.78 is 78.0. The van der Waals surface area contributed by atoms with Crippen LogP contribution >= 0.6 is 8.53 Å². The van der Waals surface area contributed by atoms with Crippen LogP contribution in [-0.2, 0) is 28.9 Å². The van der Waals surface area contributed by atoms with E-state index in [4.69, 9.17) is 42.4 Å². The molecule has 4 rings (SSSR count). The Bertz CT molecular complexity index is 1720. The van der Waals surface area contributed by atoms with Crippen molar-refractivity contribution in [2.45, 2.75) is 95.5 Å². The molecule has 2 radical (unpaired) electrons. The van der Waals surface area contributed by atoms with Gasteiger partial charge in [-0.2, -0.15) is 13.2 Å². The number of hydrogen-bond acceptors (Lipinski definition) is 8. The SMILES string of the molecule is [B][C@@H]1O[C@H](COC(c2ccccc2)(c2ccc(OC)cc2)c2ccc(OC)cc2)C(OP(OCC[N+]#[C-])N(C(C)C)C(C)C)[C@@H]1C/C=C/CCCCNC(=O)C(F)(F)F. The molecule has 3 aromatic carbocycles. The van der Waals surface area contributed by atoms with Crippen molar-refractivity contribution >= 4 is 22.3 Å². The van der Waals surface area contributed by atoms with Crippen molar-refractivity contribution in [1.29, 1.82) is 0 Å². The fourth-order valence-electron chi connectivity index (χ4n) is 7.13. The average molecular weight is 838 g/mol. The Kier molecular flexibility index (Phi) is 18.7. The zero-order valence-electron chi connectivity index (χ0n) is 34.7. The lowest BCUT2D eigenvalue weighted by molar-refractivity contribution is -0.173. The molecule has 0 bridgehead atoms. The number of ether oxygens (including phenoxy) is 4. The van der Waals surface area contributed by atoms with Crippen molar-refractivity contribution in [1.82, 2.24) is 9.99 Å². The highest BCUT2D eigenvalue weighted by Gasteiger charge is 2.47. The van der Waals surface area contributed by atoms with Crippen LogP contribution in [0.5, 0.6) is 11.5 Å². The first-order chi connectivity index (χ1) is 28.3. The van der Waals surface area contributed by atoms with Gasteiger partial charge < -0.3 is 38.2 Å². The summed E-state index contributed by atoms with van der Waals surface area (Å²) in [5.74, 6) is -0.887. The van der Waals surface area contributed by atoms with Crippen LogP contribution in [0.4, 0.5) is 13.2 Å². The van der Waals surface area contributed by atoms with E-state index in [1.165, 1.54) is 0 Å². The molecule has 59 heavy (non-hydrogen) atoms. The van der Waals surface area contributed by atoms with Gasteiger partial charge in [0.05, 0.1) is 26.9 Å². The van der Waals surface area contributed by atoms with Crippen molar-refractivity contribution in [2.24, 2.45) is 5.92 Å². The summed E-state index contributed by atoms with van der Waals surface area (Å²) in [6.07, 6.45) is -0.193. The second-order valence-electron chi connectivity index (χ2n) is 14.7. The second kappa shape index (κ2) is 23.2. The number of rotatable bonds is 23. The number of methoxy groups -OCH3 is 2. The van der Waals surface area contributed by atoms with Crippen molar-refractivity contribution in [3.8, 4) is 11.5 Å². The van der Waals surface area contributed by atoms with E-state index in [9.17, 15) is 18.0 Å². The highest BCUT2D eigenvalue weighted by Crippen LogP contribution is 2.51. The van der Waals surface area contributed by atoms with E-state index >= 15 is 0 Å². The number of carbonyl (C=O) groups is 1. The van der Waals surface area contributed by atoms with E-state index in [0.717, 1.165) is 16.7 Å². The quantitative estimate of drug-likeness (QED) is 0.0253. The van der Waals surface area contributed by atoms with Crippen LogP contribution in [0.25, 0.3) is 4.85 Å². The number of carbonyl (C=O) groups excluding carboxylic acids is 1. The minimum absolute atomic E-state index is 0.0508. The zero-order chi connectivity index (χ0) is 43.0. The number of unbranched alkanes of at least 4 members (excludes halogenated alkanes) is 2. The van der Waals surface area contributed by atoms with Crippen LogP contribution in [0.15, 0.2) is 91.0 Å². The summed E-state index contributed by atoms with van der Waals surface area (Å²) in [6, 6.07) is 24.8. The second-order valence-corrected chi connectivity index (χ2v) is 16.1. The molecular weight excluding hydrogens is 781 g/mol. The molecular formula is C44H56BF3N3O7P. The molecule has 1 fully saturated rings. The van der Waals surface area contributed by atoms with Gasteiger partial charge in [0.1, 0.15) is 37.7 Å². The predicted molar refractivity (Wildman–Crippen MR) is 224 cm³/mol. The molecule has 1 aliphatic heterocycles.